The normalized spacial score (nSPS) is 10.7. The van der Waals surface area contributed by atoms with Gasteiger partial charge in [-0.3, -0.25) is 4.79 Å². The summed E-state index contributed by atoms with van der Waals surface area (Å²) >= 11 is 5.93. The fourth-order valence-electron chi connectivity index (χ4n) is 1.94. The number of aromatic amines is 1. The first kappa shape index (κ1) is 12.8. The van der Waals surface area contributed by atoms with E-state index >= 15 is 0 Å². The number of H-pyrrole nitrogens is 1. The molecule has 0 unspecified atom stereocenters. The van der Waals surface area contributed by atoms with E-state index in [1.807, 2.05) is 26.0 Å². The maximum absolute atomic E-state index is 11.8. The van der Waals surface area contributed by atoms with Gasteiger partial charge in [-0.1, -0.05) is 18.5 Å². The van der Waals surface area contributed by atoms with Crippen molar-refractivity contribution in [3.05, 3.63) is 50.4 Å². The predicted octanol–water partition coefficient (Wildman–Crippen LogP) is 3.27. The van der Waals surface area contributed by atoms with E-state index < -0.39 is 0 Å². The molecular formula is C14H15ClN2O. The van der Waals surface area contributed by atoms with E-state index in [1.165, 1.54) is 0 Å². The minimum absolute atomic E-state index is 0.0776. The Hall–Kier alpha value is -1.61. The van der Waals surface area contributed by atoms with E-state index in [1.54, 1.807) is 13.0 Å². The molecule has 0 bridgehead atoms. The van der Waals surface area contributed by atoms with Crippen LogP contribution in [-0.4, -0.2) is 9.97 Å². The standard InChI is InChI=1S/C14H15ClN2O/c1-4-12-9(3)14(18)17-13(16-12)11-6-5-10(15)7-8(11)2/h5-7H,4H2,1-3H3,(H,16,17,18). The molecule has 1 heterocycles. The maximum Gasteiger partial charge on any atom is 0.254 e. The van der Waals surface area contributed by atoms with Gasteiger partial charge in [0.1, 0.15) is 5.82 Å². The van der Waals surface area contributed by atoms with Crippen molar-refractivity contribution in [2.24, 2.45) is 0 Å². The summed E-state index contributed by atoms with van der Waals surface area (Å²) in [4.78, 5) is 19.2. The molecule has 1 N–H and O–H groups in total. The number of halogens is 1. The Bertz CT molecular complexity index is 647. The molecule has 2 aromatic rings. The van der Waals surface area contributed by atoms with Crippen LogP contribution in [0, 0.1) is 13.8 Å². The summed E-state index contributed by atoms with van der Waals surface area (Å²) in [6.07, 6.45) is 0.745. The van der Waals surface area contributed by atoms with Crippen LogP contribution in [0.4, 0.5) is 0 Å². The molecule has 1 aromatic heterocycles. The third-order valence-corrected chi connectivity index (χ3v) is 3.27. The van der Waals surface area contributed by atoms with Crippen LogP contribution in [0.2, 0.25) is 5.02 Å². The molecule has 0 fully saturated rings. The summed E-state index contributed by atoms with van der Waals surface area (Å²) in [5.41, 5.74) is 3.35. The number of nitrogens with zero attached hydrogens (tertiary/aromatic N) is 1. The zero-order chi connectivity index (χ0) is 13.3. The molecular weight excluding hydrogens is 248 g/mol. The second-order valence-electron chi connectivity index (χ2n) is 4.30. The number of hydrogen-bond donors (Lipinski definition) is 1. The van der Waals surface area contributed by atoms with Crippen molar-refractivity contribution in [1.29, 1.82) is 0 Å². The van der Waals surface area contributed by atoms with Gasteiger partial charge < -0.3 is 4.98 Å². The number of benzene rings is 1. The molecule has 0 aliphatic heterocycles. The average molecular weight is 263 g/mol. The molecule has 0 aliphatic rings. The third kappa shape index (κ3) is 2.31. The number of nitrogens with one attached hydrogen (secondary N) is 1. The second kappa shape index (κ2) is 4.94. The molecule has 2 rings (SSSR count). The van der Waals surface area contributed by atoms with Crippen LogP contribution in [0.15, 0.2) is 23.0 Å². The van der Waals surface area contributed by atoms with Crippen molar-refractivity contribution < 1.29 is 0 Å². The number of hydrogen-bond acceptors (Lipinski definition) is 2. The molecule has 0 aliphatic carbocycles. The summed E-state index contributed by atoms with van der Waals surface area (Å²) in [6, 6.07) is 5.54. The molecule has 0 spiro atoms. The average Bonchev–Trinajstić information content (AvgIpc) is 2.32. The molecule has 0 atom stereocenters. The molecule has 0 saturated carbocycles. The lowest BCUT2D eigenvalue weighted by Gasteiger charge is -2.08. The SMILES string of the molecule is CCc1nc(-c2ccc(Cl)cc2C)[nH]c(=O)c1C. The van der Waals surface area contributed by atoms with Gasteiger partial charge in [-0.15, -0.1) is 0 Å². The molecule has 3 nitrogen and oxygen atoms in total. The first-order chi connectivity index (χ1) is 8.52. The van der Waals surface area contributed by atoms with Gasteiger partial charge in [0.05, 0.1) is 5.69 Å². The van der Waals surface area contributed by atoms with Crippen molar-refractivity contribution >= 4 is 11.6 Å². The Morgan fingerprint density at radius 3 is 2.67 bits per heavy atom. The molecule has 0 saturated heterocycles. The summed E-state index contributed by atoms with van der Waals surface area (Å²) in [5, 5.41) is 0.682. The summed E-state index contributed by atoms with van der Waals surface area (Å²) in [5.74, 6) is 0.608. The van der Waals surface area contributed by atoms with Crippen LogP contribution in [-0.2, 0) is 6.42 Å². The van der Waals surface area contributed by atoms with Crippen LogP contribution in [0.5, 0.6) is 0 Å². The minimum atomic E-state index is -0.0776. The largest absolute Gasteiger partial charge is 0.306 e. The fraction of sp³-hybridized carbons (Fsp3) is 0.286. The number of aryl methyl sites for hydroxylation is 2. The van der Waals surface area contributed by atoms with Crippen LogP contribution in [0.25, 0.3) is 11.4 Å². The molecule has 0 radical (unpaired) electrons. The summed E-state index contributed by atoms with van der Waals surface area (Å²) in [6.45, 7) is 5.74. The van der Waals surface area contributed by atoms with E-state index in [0.717, 1.165) is 23.2 Å². The highest BCUT2D eigenvalue weighted by Gasteiger charge is 2.09. The highest BCUT2D eigenvalue weighted by Crippen LogP contribution is 2.22. The van der Waals surface area contributed by atoms with E-state index in [4.69, 9.17) is 11.6 Å². The highest BCUT2D eigenvalue weighted by molar-refractivity contribution is 6.30. The van der Waals surface area contributed by atoms with E-state index in [2.05, 4.69) is 9.97 Å². The molecule has 0 amide bonds. The number of aromatic nitrogens is 2. The van der Waals surface area contributed by atoms with Crippen LogP contribution >= 0.6 is 11.6 Å². The van der Waals surface area contributed by atoms with E-state index in [-0.39, 0.29) is 5.56 Å². The van der Waals surface area contributed by atoms with Crippen molar-refractivity contribution in [3.63, 3.8) is 0 Å². The van der Waals surface area contributed by atoms with Gasteiger partial charge in [0.15, 0.2) is 0 Å². The topological polar surface area (TPSA) is 45.8 Å². The van der Waals surface area contributed by atoms with Crippen molar-refractivity contribution in [1.82, 2.24) is 9.97 Å². The highest BCUT2D eigenvalue weighted by atomic mass is 35.5. The third-order valence-electron chi connectivity index (χ3n) is 3.03. The number of rotatable bonds is 2. The smallest absolute Gasteiger partial charge is 0.254 e. The summed E-state index contributed by atoms with van der Waals surface area (Å²) < 4.78 is 0. The fourth-order valence-corrected chi connectivity index (χ4v) is 2.17. The Morgan fingerprint density at radius 2 is 2.06 bits per heavy atom. The lowest BCUT2D eigenvalue weighted by molar-refractivity contribution is 0.954. The first-order valence-electron chi connectivity index (χ1n) is 5.89. The monoisotopic (exact) mass is 262 g/mol. The van der Waals surface area contributed by atoms with Gasteiger partial charge >= 0.3 is 0 Å². The van der Waals surface area contributed by atoms with Crippen molar-refractivity contribution in [3.8, 4) is 11.4 Å². The van der Waals surface area contributed by atoms with Gasteiger partial charge in [-0.05, 0) is 44.0 Å². The van der Waals surface area contributed by atoms with Crippen LogP contribution in [0.1, 0.15) is 23.7 Å². The zero-order valence-electron chi connectivity index (χ0n) is 10.7. The maximum atomic E-state index is 11.8. The van der Waals surface area contributed by atoms with Gasteiger partial charge in [0.25, 0.3) is 5.56 Å². The predicted molar refractivity (Wildman–Crippen MR) is 74.2 cm³/mol. The van der Waals surface area contributed by atoms with Crippen LogP contribution < -0.4 is 5.56 Å². The Morgan fingerprint density at radius 1 is 1.33 bits per heavy atom. The Balaban J connectivity index is 2.64. The lowest BCUT2D eigenvalue weighted by atomic mass is 10.1. The first-order valence-corrected chi connectivity index (χ1v) is 6.27. The Labute approximate surface area is 111 Å². The lowest BCUT2D eigenvalue weighted by Crippen LogP contribution is -2.15. The quantitative estimate of drug-likeness (QED) is 0.903. The van der Waals surface area contributed by atoms with E-state index in [9.17, 15) is 4.79 Å². The molecule has 18 heavy (non-hydrogen) atoms. The van der Waals surface area contributed by atoms with Gasteiger partial charge in [0, 0.05) is 16.1 Å². The van der Waals surface area contributed by atoms with Gasteiger partial charge in [-0.2, -0.15) is 0 Å². The molecule has 1 aromatic carbocycles. The Kier molecular flexibility index (Phi) is 3.53. The summed E-state index contributed by atoms with van der Waals surface area (Å²) in [7, 11) is 0. The van der Waals surface area contributed by atoms with Gasteiger partial charge in [0.2, 0.25) is 0 Å². The van der Waals surface area contributed by atoms with E-state index in [0.29, 0.717) is 16.4 Å². The van der Waals surface area contributed by atoms with Crippen molar-refractivity contribution in [2.75, 3.05) is 0 Å². The molecule has 94 valence electrons. The zero-order valence-corrected chi connectivity index (χ0v) is 11.4. The van der Waals surface area contributed by atoms with Crippen LogP contribution in [0.3, 0.4) is 0 Å². The van der Waals surface area contributed by atoms with Crippen molar-refractivity contribution in [2.45, 2.75) is 27.2 Å². The second-order valence-corrected chi connectivity index (χ2v) is 4.74. The van der Waals surface area contributed by atoms with Gasteiger partial charge in [-0.25, -0.2) is 4.98 Å². The minimum Gasteiger partial charge on any atom is -0.306 e. The molecule has 4 heteroatoms.